The van der Waals surface area contributed by atoms with Crippen LogP contribution in [0.1, 0.15) is 25.5 Å². The van der Waals surface area contributed by atoms with Crippen LogP contribution in [0.5, 0.6) is 0 Å². The van der Waals surface area contributed by atoms with E-state index in [2.05, 4.69) is 65.5 Å². The second kappa shape index (κ2) is 7.98. The minimum atomic E-state index is 0.522. The number of nitrogens with two attached hydrogens (primary N) is 1. The van der Waals surface area contributed by atoms with Gasteiger partial charge in [0.2, 0.25) is 0 Å². The molecule has 0 saturated heterocycles. The lowest BCUT2D eigenvalue weighted by Gasteiger charge is -2.11. The molecule has 0 atom stereocenters. The van der Waals surface area contributed by atoms with Gasteiger partial charge < -0.3 is 14.9 Å². The quantitative estimate of drug-likeness (QED) is 0.496. The predicted octanol–water partition coefficient (Wildman–Crippen LogP) is 4.10. The second-order valence-corrected chi connectivity index (χ2v) is 6.97. The molecule has 2 aromatic carbocycles. The number of aromatic nitrogens is 4. The first-order valence-electron chi connectivity index (χ1n) is 10.0. The molecule has 0 bridgehead atoms. The van der Waals surface area contributed by atoms with E-state index >= 15 is 0 Å². The fourth-order valence-electron chi connectivity index (χ4n) is 4.01. The molecule has 0 fully saturated rings. The molecule has 2 N–H and O–H groups in total. The summed E-state index contributed by atoms with van der Waals surface area (Å²) in [4.78, 5) is 9.77. The number of hydrogen-bond acceptors (Lipinski definition) is 3. The standard InChI is InChI=1S/C23H27N5/c1-3-27-20-11-7-5-9-18(20)25-22(27)15-17(13-14-24)16-23-26-19-10-6-8-12-21(19)28(23)4-2/h5-13H,3-4,14-16,24H2,1-2H3. The molecule has 0 spiro atoms. The maximum Gasteiger partial charge on any atom is 0.113 e. The Hall–Kier alpha value is -2.92. The summed E-state index contributed by atoms with van der Waals surface area (Å²) in [6.45, 7) is 6.66. The van der Waals surface area contributed by atoms with Crippen LogP contribution in [-0.4, -0.2) is 25.6 Å². The van der Waals surface area contributed by atoms with Crippen molar-refractivity contribution in [2.45, 2.75) is 39.8 Å². The Morgan fingerprint density at radius 3 is 1.71 bits per heavy atom. The largest absolute Gasteiger partial charge is 0.328 e. The summed E-state index contributed by atoms with van der Waals surface area (Å²) >= 11 is 0. The molecule has 5 heteroatoms. The lowest BCUT2D eigenvalue weighted by Crippen LogP contribution is -2.10. The average molecular weight is 374 g/mol. The van der Waals surface area contributed by atoms with Gasteiger partial charge in [-0.3, -0.25) is 0 Å². The van der Waals surface area contributed by atoms with Crippen molar-refractivity contribution < 1.29 is 0 Å². The van der Waals surface area contributed by atoms with Crippen molar-refractivity contribution in [1.29, 1.82) is 0 Å². The Morgan fingerprint density at radius 1 is 0.821 bits per heavy atom. The molecule has 0 aliphatic carbocycles. The molecule has 4 rings (SSSR count). The number of nitrogens with zero attached hydrogens (tertiary/aromatic N) is 4. The Kier molecular flexibility index (Phi) is 5.26. The number of hydrogen-bond donors (Lipinski definition) is 1. The zero-order valence-electron chi connectivity index (χ0n) is 16.6. The van der Waals surface area contributed by atoms with Crippen molar-refractivity contribution in [2.24, 2.45) is 5.73 Å². The minimum Gasteiger partial charge on any atom is -0.328 e. The van der Waals surface area contributed by atoms with Crippen LogP contribution in [0.3, 0.4) is 0 Å². The van der Waals surface area contributed by atoms with Gasteiger partial charge in [-0.2, -0.15) is 0 Å². The number of aryl methyl sites for hydroxylation is 2. The summed E-state index contributed by atoms with van der Waals surface area (Å²) in [5.74, 6) is 2.17. The molecule has 0 unspecified atom stereocenters. The van der Waals surface area contributed by atoms with Gasteiger partial charge in [-0.15, -0.1) is 0 Å². The average Bonchev–Trinajstić information content (AvgIpc) is 3.24. The van der Waals surface area contributed by atoms with Gasteiger partial charge in [-0.05, 0) is 38.1 Å². The lowest BCUT2D eigenvalue weighted by molar-refractivity contribution is 0.704. The first kappa shape index (κ1) is 18.4. The summed E-state index contributed by atoms with van der Waals surface area (Å²) in [6, 6.07) is 16.6. The highest BCUT2D eigenvalue weighted by Crippen LogP contribution is 2.22. The topological polar surface area (TPSA) is 61.7 Å². The molecule has 0 amide bonds. The Balaban J connectivity index is 1.69. The Labute approximate surface area is 165 Å². The van der Waals surface area contributed by atoms with E-state index in [1.165, 1.54) is 16.6 Å². The highest BCUT2D eigenvalue weighted by atomic mass is 15.1. The van der Waals surface area contributed by atoms with E-state index in [0.717, 1.165) is 48.6 Å². The van der Waals surface area contributed by atoms with Crippen molar-refractivity contribution in [3.8, 4) is 0 Å². The summed E-state index contributed by atoms with van der Waals surface area (Å²) in [7, 11) is 0. The summed E-state index contributed by atoms with van der Waals surface area (Å²) in [6.07, 6.45) is 3.69. The normalized spacial score (nSPS) is 11.4. The molecule has 28 heavy (non-hydrogen) atoms. The molecular formula is C23H27N5. The third-order valence-electron chi connectivity index (χ3n) is 5.28. The molecule has 0 aliphatic heterocycles. The van der Waals surface area contributed by atoms with Gasteiger partial charge in [-0.1, -0.05) is 35.9 Å². The molecule has 0 radical (unpaired) electrons. The van der Waals surface area contributed by atoms with Crippen molar-refractivity contribution >= 4 is 22.1 Å². The first-order valence-corrected chi connectivity index (χ1v) is 10.0. The minimum absolute atomic E-state index is 0.522. The first-order chi connectivity index (χ1) is 13.7. The number of rotatable bonds is 7. The van der Waals surface area contributed by atoms with Crippen LogP contribution in [0, 0.1) is 0 Å². The van der Waals surface area contributed by atoms with Gasteiger partial charge in [-0.25, -0.2) is 9.97 Å². The number of imidazole rings is 2. The lowest BCUT2D eigenvalue weighted by atomic mass is 10.1. The maximum atomic E-state index is 5.90. The zero-order chi connectivity index (χ0) is 19.5. The molecule has 0 aliphatic rings. The van der Waals surface area contributed by atoms with Crippen molar-refractivity contribution in [3.63, 3.8) is 0 Å². The molecular weight excluding hydrogens is 346 g/mol. The van der Waals surface area contributed by atoms with Crippen LogP contribution in [0.4, 0.5) is 0 Å². The Bertz CT molecular complexity index is 1050. The fourth-order valence-corrected chi connectivity index (χ4v) is 4.01. The van der Waals surface area contributed by atoms with Gasteiger partial charge in [0.1, 0.15) is 11.6 Å². The van der Waals surface area contributed by atoms with Crippen LogP contribution in [-0.2, 0) is 25.9 Å². The third-order valence-corrected chi connectivity index (χ3v) is 5.28. The smallest absolute Gasteiger partial charge is 0.113 e. The summed E-state index contributed by atoms with van der Waals surface area (Å²) in [5, 5.41) is 0. The highest BCUT2D eigenvalue weighted by molar-refractivity contribution is 5.76. The van der Waals surface area contributed by atoms with Crippen LogP contribution in [0.25, 0.3) is 22.1 Å². The number of benzene rings is 2. The summed E-state index contributed by atoms with van der Waals surface area (Å²) < 4.78 is 4.59. The monoisotopic (exact) mass is 373 g/mol. The van der Waals surface area contributed by atoms with E-state index in [9.17, 15) is 0 Å². The highest BCUT2D eigenvalue weighted by Gasteiger charge is 2.15. The number of para-hydroxylation sites is 4. The number of fused-ring (bicyclic) bond motifs is 2. The third kappa shape index (κ3) is 3.34. The van der Waals surface area contributed by atoms with Gasteiger partial charge in [0.15, 0.2) is 0 Å². The molecule has 0 saturated carbocycles. The zero-order valence-corrected chi connectivity index (χ0v) is 16.6. The number of allylic oxidation sites excluding steroid dienone is 1. The SMILES string of the molecule is CCn1c(CC(=CCN)Cc2nc3ccccc3n2CC)nc2ccccc21. The van der Waals surface area contributed by atoms with E-state index in [4.69, 9.17) is 15.7 Å². The van der Waals surface area contributed by atoms with Crippen LogP contribution in [0.15, 0.2) is 60.2 Å². The van der Waals surface area contributed by atoms with E-state index in [1.807, 2.05) is 12.1 Å². The fraction of sp³-hybridized carbons (Fsp3) is 0.304. The molecule has 2 aromatic heterocycles. The van der Waals surface area contributed by atoms with Crippen LogP contribution < -0.4 is 5.73 Å². The van der Waals surface area contributed by atoms with Crippen LogP contribution in [0.2, 0.25) is 0 Å². The van der Waals surface area contributed by atoms with E-state index in [0.29, 0.717) is 6.54 Å². The van der Waals surface area contributed by atoms with E-state index < -0.39 is 0 Å². The predicted molar refractivity (Wildman–Crippen MR) is 115 cm³/mol. The molecule has 144 valence electrons. The van der Waals surface area contributed by atoms with Gasteiger partial charge in [0, 0.05) is 32.5 Å². The van der Waals surface area contributed by atoms with Crippen molar-refractivity contribution in [1.82, 2.24) is 19.1 Å². The van der Waals surface area contributed by atoms with Crippen molar-refractivity contribution in [3.05, 3.63) is 71.8 Å². The molecule has 5 nitrogen and oxygen atoms in total. The molecule has 4 aromatic rings. The molecule has 2 heterocycles. The van der Waals surface area contributed by atoms with E-state index in [-0.39, 0.29) is 0 Å². The van der Waals surface area contributed by atoms with Gasteiger partial charge in [0.25, 0.3) is 0 Å². The van der Waals surface area contributed by atoms with E-state index in [1.54, 1.807) is 0 Å². The maximum absolute atomic E-state index is 5.90. The second-order valence-electron chi connectivity index (χ2n) is 6.97. The van der Waals surface area contributed by atoms with Crippen LogP contribution >= 0.6 is 0 Å². The van der Waals surface area contributed by atoms with Gasteiger partial charge in [0.05, 0.1) is 22.1 Å². The van der Waals surface area contributed by atoms with Gasteiger partial charge >= 0.3 is 0 Å². The summed E-state index contributed by atoms with van der Waals surface area (Å²) in [5.41, 5.74) is 11.6. The van der Waals surface area contributed by atoms with Crippen molar-refractivity contribution in [2.75, 3.05) is 6.54 Å². The Morgan fingerprint density at radius 2 is 1.29 bits per heavy atom.